The first-order chi connectivity index (χ1) is 32.0. The normalized spacial score (nSPS) is 19.0. The number of benzene rings is 6. The predicted molar refractivity (Wildman–Crippen MR) is 264 cm³/mol. The molecule has 0 saturated heterocycles. The Bertz CT molecular complexity index is 3080. The van der Waals surface area contributed by atoms with Gasteiger partial charge in [0.25, 0.3) is 0 Å². The average Bonchev–Trinajstić information content (AvgIpc) is 3.81. The number of aromatic nitrogens is 3. The van der Waals surface area contributed by atoms with Gasteiger partial charge in [-0.3, -0.25) is 15.0 Å². The smallest absolute Gasteiger partial charge is 0.256 e. The molecule has 0 radical (unpaired) electrons. The quantitative estimate of drug-likeness (QED) is 0.166. The van der Waals surface area contributed by atoms with Crippen LogP contribution in [0.2, 0.25) is 0 Å². The third kappa shape index (κ3) is 6.09. The molecule has 3 aliphatic carbocycles. The van der Waals surface area contributed by atoms with E-state index in [9.17, 15) is 0 Å². The second kappa shape index (κ2) is 15.0. The van der Waals surface area contributed by atoms with E-state index in [4.69, 9.17) is 15.0 Å². The third-order valence-corrected chi connectivity index (χ3v) is 15.7. The van der Waals surface area contributed by atoms with Crippen molar-refractivity contribution in [1.29, 1.82) is 0 Å². The monoisotopic (exact) mass is 1040 g/mol. The van der Waals surface area contributed by atoms with E-state index in [1.807, 2.05) is 0 Å². The molecule has 0 amide bonds. The minimum absolute atomic E-state index is 0. The van der Waals surface area contributed by atoms with Crippen molar-refractivity contribution >= 4 is 0 Å². The van der Waals surface area contributed by atoms with Crippen molar-refractivity contribution in [3.05, 3.63) is 266 Å². The molecule has 0 fully saturated rings. The largest absolute Gasteiger partial charge is 3.00 e. The topological polar surface area (TPSA) is 38.7 Å². The Labute approximate surface area is 407 Å². The summed E-state index contributed by atoms with van der Waals surface area (Å²) in [6, 6.07) is 71.3. The zero-order chi connectivity index (χ0) is 44.7. The Morgan fingerprint density at radius 2 is 0.567 bits per heavy atom. The molecule has 4 aliphatic rings. The van der Waals surface area contributed by atoms with Gasteiger partial charge in [0.1, 0.15) is 0 Å². The molecule has 67 heavy (non-hydrogen) atoms. The van der Waals surface area contributed by atoms with Crippen LogP contribution >= 0.6 is 0 Å². The fourth-order valence-corrected chi connectivity index (χ4v) is 12.3. The fourth-order valence-electron chi connectivity index (χ4n) is 12.3. The second-order valence-corrected chi connectivity index (χ2v) is 20.4. The summed E-state index contributed by atoms with van der Waals surface area (Å²) < 4.78 is 0. The summed E-state index contributed by atoms with van der Waals surface area (Å²) in [6.45, 7) is 14.1. The van der Waals surface area contributed by atoms with Crippen molar-refractivity contribution in [2.45, 2.75) is 75.5 Å². The van der Waals surface area contributed by atoms with E-state index in [0.717, 1.165) is 50.9 Å². The van der Waals surface area contributed by atoms with Gasteiger partial charge in [0.15, 0.2) is 0 Å². The Morgan fingerprint density at radius 3 is 0.836 bits per heavy atom. The molecule has 3 aromatic heterocycles. The third-order valence-electron chi connectivity index (χ3n) is 15.7. The van der Waals surface area contributed by atoms with Gasteiger partial charge in [0, 0.05) is 17.8 Å². The minimum atomic E-state index is -0.295. The van der Waals surface area contributed by atoms with Crippen molar-refractivity contribution < 1.29 is 20.1 Å². The zero-order valence-corrected chi connectivity index (χ0v) is 40.9. The van der Waals surface area contributed by atoms with Crippen LogP contribution in [0.25, 0.3) is 33.4 Å². The summed E-state index contributed by atoms with van der Waals surface area (Å²) in [4.78, 5) is 17.1. The zero-order valence-electron chi connectivity index (χ0n) is 38.5. The number of rotatable bonds is 3. The van der Waals surface area contributed by atoms with Crippen LogP contribution < -0.4 is 0 Å². The molecule has 0 spiro atoms. The van der Waals surface area contributed by atoms with Gasteiger partial charge < -0.3 is 0 Å². The summed E-state index contributed by atoms with van der Waals surface area (Å²) in [5, 5.41) is 0. The van der Waals surface area contributed by atoms with Gasteiger partial charge in [-0.25, -0.2) is 0 Å². The van der Waals surface area contributed by atoms with Crippen LogP contribution in [-0.2, 0) is 36.4 Å². The van der Waals surface area contributed by atoms with E-state index >= 15 is 0 Å². The van der Waals surface area contributed by atoms with Gasteiger partial charge in [0.05, 0.1) is 34.2 Å². The Hall–Kier alpha value is -6.58. The molecule has 6 bridgehead atoms. The SMILES string of the molecule is CC1(C)c2ccccc2-c2c[c-]c(C3c4cccc(n4)C(c4[c-]cc5c(c4)C(C)(C)c4ccccc4-5)c4cccc(n4)C(c4[c-]cc5c(c4)C(C)(C)c4ccccc4-5)c4cccc3n4)cc21.[Ir+3]. The molecule has 0 atom stereocenters. The minimum Gasteiger partial charge on any atom is -0.256 e. The van der Waals surface area contributed by atoms with Crippen LogP contribution in [0.4, 0.5) is 0 Å². The maximum Gasteiger partial charge on any atom is 3.00 e. The van der Waals surface area contributed by atoms with E-state index in [1.54, 1.807) is 0 Å². The molecule has 4 heterocycles. The maximum absolute atomic E-state index is 5.69. The van der Waals surface area contributed by atoms with E-state index in [-0.39, 0.29) is 54.1 Å². The fraction of sp³-hybridized carbons (Fsp3) is 0.190. The molecule has 0 saturated carbocycles. The number of hydrogen-bond donors (Lipinski definition) is 0. The first kappa shape index (κ1) is 41.8. The van der Waals surface area contributed by atoms with Crippen molar-refractivity contribution in [3.8, 4) is 33.4 Å². The van der Waals surface area contributed by atoms with Gasteiger partial charge in [0.2, 0.25) is 0 Å². The Kier molecular flexibility index (Phi) is 9.34. The summed E-state index contributed by atoms with van der Waals surface area (Å²) in [5.41, 5.74) is 23.7. The molecule has 13 rings (SSSR count). The van der Waals surface area contributed by atoms with Gasteiger partial charge >= 0.3 is 20.1 Å². The number of pyridine rings is 3. The van der Waals surface area contributed by atoms with Crippen LogP contribution in [0, 0.1) is 18.2 Å². The molecular weight excluding hydrogens is 991 g/mol. The number of fused-ring (bicyclic) bond motifs is 15. The molecular formula is C63H48IrN3. The van der Waals surface area contributed by atoms with E-state index < -0.39 is 0 Å². The van der Waals surface area contributed by atoms with Gasteiger partial charge in [-0.1, -0.05) is 149 Å². The molecule has 6 aromatic carbocycles. The van der Waals surface area contributed by atoms with Crippen molar-refractivity contribution in [1.82, 2.24) is 15.0 Å². The van der Waals surface area contributed by atoms with Crippen LogP contribution in [0.3, 0.4) is 0 Å². The molecule has 1 aliphatic heterocycles. The van der Waals surface area contributed by atoms with Gasteiger partial charge in [-0.05, 0) is 69.3 Å². The van der Waals surface area contributed by atoms with Crippen LogP contribution in [0.5, 0.6) is 0 Å². The number of nitrogens with zero attached hydrogens (tertiary/aromatic N) is 3. The average molecular weight is 1040 g/mol. The van der Waals surface area contributed by atoms with Crippen molar-refractivity contribution in [2.24, 2.45) is 0 Å². The summed E-state index contributed by atoms with van der Waals surface area (Å²) >= 11 is 0. The van der Waals surface area contributed by atoms with Crippen LogP contribution in [0.1, 0.15) is 144 Å². The molecule has 0 unspecified atom stereocenters. The Balaban J connectivity index is 0.00000468. The molecule has 3 nitrogen and oxygen atoms in total. The van der Waals surface area contributed by atoms with Crippen molar-refractivity contribution in [2.75, 3.05) is 0 Å². The second-order valence-electron chi connectivity index (χ2n) is 20.4. The van der Waals surface area contributed by atoms with Crippen LogP contribution in [0.15, 0.2) is 164 Å². The molecule has 9 aromatic rings. The predicted octanol–water partition coefficient (Wildman–Crippen LogP) is 14.0. The van der Waals surface area contributed by atoms with E-state index in [2.05, 4.69) is 224 Å². The van der Waals surface area contributed by atoms with Crippen LogP contribution in [-0.4, -0.2) is 15.0 Å². The van der Waals surface area contributed by atoms with E-state index in [1.165, 1.54) is 66.8 Å². The maximum atomic E-state index is 5.69. The van der Waals surface area contributed by atoms with Crippen molar-refractivity contribution in [3.63, 3.8) is 0 Å². The standard InChI is InChI=1S/C63H48N3.Ir/c1-61(2)46-19-10-7-16-40(46)43-31-28-37(34-49(43)61)58-52-22-13-24-54(64-52)59(38-29-32-44-41-17-8-11-20-47(41)62(3,4)50(44)35-38)56-26-15-27-57(66-56)60(55-25-14-23-53(58)65-55)39-30-33-45-42-18-9-12-21-48(42)63(5,6)51(45)36-39;/h7-27,31-36,58-60H,1-6H3;/q-3;+3. The molecule has 4 heteroatoms. The Morgan fingerprint density at radius 1 is 0.313 bits per heavy atom. The molecule has 324 valence electrons. The molecule has 0 N–H and O–H groups in total. The number of hydrogen-bond acceptors (Lipinski definition) is 3. The summed E-state index contributed by atoms with van der Waals surface area (Å²) in [5.74, 6) is -0.884. The first-order valence-electron chi connectivity index (χ1n) is 23.4. The van der Waals surface area contributed by atoms with E-state index in [0.29, 0.717) is 0 Å². The summed E-state index contributed by atoms with van der Waals surface area (Å²) in [7, 11) is 0. The summed E-state index contributed by atoms with van der Waals surface area (Å²) in [6.07, 6.45) is 0. The first-order valence-corrected chi connectivity index (χ1v) is 23.4. The van der Waals surface area contributed by atoms with Gasteiger partial charge in [-0.2, -0.15) is 54.6 Å². The van der Waals surface area contributed by atoms with Gasteiger partial charge in [-0.15, -0.1) is 50.1 Å².